The molecule has 0 aliphatic carbocycles. The van der Waals surface area contributed by atoms with Crippen LogP contribution in [0.25, 0.3) is 0 Å². The Morgan fingerprint density at radius 1 is 0.931 bits per heavy atom. The van der Waals surface area contributed by atoms with Crippen LogP contribution in [0, 0.1) is 18.6 Å². The van der Waals surface area contributed by atoms with E-state index in [1.54, 1.807) is 30.3 Å². The van der Waals surface area contributed by atoms with E-state index in [0.29, 0.717) is 30.1 Å². The molecule has 1 aromatic heterocycles. The van der Waals surface area contributed by atoms with Crippen molar-refractivity contribution in [1.29, 1.82) is 0 Å². The van der Waals surface area contributed by atoms with E-state index in [0.717, 1.165) is 17.8 Å². The number of hydrogen-bond donors (Lipinski definition) is 3. The van der Waals surface area contributed by atoms with E-state index in [9.17, 15) is 17.2 Å². The van der Waals surface area contributed by atoms with Crippen molar-refractivity contribution in [2.75, 3.05) is 21.9 Å². The van der Waals surface area contributed by atoms with Crippen molar-refractivity contribution in [2.24, 2.45) is 0 Å². The first-order valence-corrected chi connectivity index (χ1v) is 10.2. The molecule has 3 aromatic rings. The van der Waals surface area contributed by atoms with Gasteiger partial charge in [-0.05, 0) is 56.3 Å². The number of anilines is 4. The van der Waals surface area contributed by atoms with Gasteiger partial charge in [-0.15, -0.1) is 0 Å². The van der Waals surface area contributed by atoms with E-state index in [1.807, 2.05) is 13.8 Å². The molecule has 2 aromatic carbocycles. The molecule has 0 atom stereocenters. The molecule has 0 saturated heterocycles. The smallest absolute Gasteiger partial charge is 0.261 e. The molecule has 10 heteroatoms. The molecule has 0 saturated carbocycles. The van der Waals surface area contributed by atoms with E-state index in [1.165, 1.54) is 0 Å². The number of aromatic nitrogens is 2. The van der Waals surface area contributed by atoms with Crippen LogP contribution >= 0.6 is 0 Å². The first-order valence-electron chi connectivity index (χ1n) is 8.71. The van der Waals surface area contributed by atoms with Crippen molar-refractivity contribution in [3.05, 3.63) is 65.9 Å². The minimum atomic E-state index is -4.05. The summed E-state index contributed by atoms with van der Waals surface area (Å²) < 4.78 is 53.3. The third kappa shape index (κ3) is 5.17. The van der Waals surface area contributed by atoms with Crippen LogP contribution in [-0.2, 0) is 10.0 Å². The summed E-state index contributed by atoms with van der Waals surface area (Å²) in [7, 11) is -4.05. The van der Waals surface area contributed by atoms with Gasteiger partial charge in [-0.1, -0.05) is 0 Å². The van der Waals surface area contributed by atoms with Gasteiger partial charge in [0.05, 0.1) is 4.90 Å². The molecule has 7 nitrogen and oxygen atoms in total. The van der Waals surface area contributed by atoms with Crippen LogP contribution in [0.3, 0.4) is 0 Å². The predicted octanol–water partition coefficient (Wildman–Crippen LogP) is 4.04. The number of hydrogen-bond acceptors (Lipinski definition) is 6. The highest BCUT2D eigenvalue weighted by atomic mass is 32.2. The molecule has 3 N–H and O–H groups in total. The Bertz CT molecular complexity index is 1120. The zero-order valence-corrected chi connectivity index (χ0v) is 16.5. The minimum absolute atomic E-state index is 0.271. The summed E-state index contributed by atoms with van der Waals surface area (Å²) in [5, 5.41) is 6.16. The summed E-state index contributed by atoms with van der Waals surface area (Å²) in [4.78, 5) is 8.25. The van der Waals surface area contributed by atoms with E-state index in [-0.39, 0.29) is 10.6 Å². The predicted molar refractivity (Wildman–Crippen MR) is 108 cm³/mol. The molecule has 0 fully saturated rings. The van der Waals surface area contributed by atoms with Gasteiger partial charge in [0.1, 0.15) is 5.82 Å². The van der Waals surface area contributed by atoms with E-state index in [4.69, 9.17) is 0 Å². The molecule has 3 rings (SSSR count). The van der Waals surface area contributed by atoms with Gasteiger partial charge in [0, 0.05) is 29.7 Å². The van der Waals surface area contributed by atoms with Gasteiger partial charge in [-0.2, -0.15) is 4.98 Å². The van der Waals surface area contributed by atoms with Crippen LogP contribution in [0.4, 0.5) is 31.9 Å². The lowest BCUT2D eigenvalue weighted by Crippen LogP contribution is -2.13. The molecular formula is C19H19F2N5O2S. The minimum Gasteiger partial charge on any atom is -0.354 e. The Morgan fingerprint density at radius 2 is 1.62 bits per heavy atom. The largest absolute Gasteiger partial charge is 0.354 e. The molecule has 0 aliphatic heterocycles. The lowest BCUT2D eigenvalue weighted by molar-refractivity contribution is 0.504. The first kappa shape index (κ1) is 20.5. The van der Waals surface area contributed by atoms with Crippen LogP contribution in [0.2, 0.25) is 0 Å². The Morgan fingerprint density at radius 3 is 2.28 bits per heavy atom. The van der Waals surface area contributed by atoms with Gasteiger partial charge in [0.15, 0.2) is 11.6 Å². The summed E-state index contributed by atoms with van der Waals surface area (Å²) in [6.45, 7) is 4.48. The molecule has 0 bridgehead atoms. The lowest BCUT2D eigenvalue weighted by atomic mass is 10.3. The first-order chi connectivity index (χ1) is 13.8. The Labute approximate surface area is 167 Å². The number of rotatable bonds is 7. The van der Waals surface area contributed by atoms with Crippen molar-refractivity contribution >= 4 is 33.2 Å². The second-order valence-corrected chi connectivity index (χ2v) is 7.81. The molecule has 0 aliphatic rings. The maximum atomic E-state index is 13.3. The lowest BCUT2D eigenvalue weighted by Gasteiger charge is -2.11. The monoisotopic (exact) mass is 419 g/mol. The fourth-order valence-electron chi connectivity index (χ4n) is 2.50. The number of aryl methyl sites for hydroxylation is 1. The standard InChI is InChI=1S/C19H19F2N5O2S/c1-3-22-19-23-12(2)10-18(25-19)24-13-4-6-14(7-5-13)26-29(27,28)15-8-9-16(20)17(21)11-15/h4-11,26H,3H2,1-2H3,(H2,22,23,24,25). The Hall–Kier alpha value is -3.27. The summed E-state index contributed by atoms with van der Waals surface area (Å²) in [6.07, 6.45) is 0. The number of nitrogens with one attached hydrogen (secondary N) is 3. The molecule has 1 heterocycles. The van der Waals surface area contributed by atoms with Gasteiger partial charge in [-0.3, -0.25) is 4.72 Å². The normalized spacial score (nSPS) is 11.2. The quantitative estimate of drug-likeness (QED) is 0.535. The van der Waals surface area contributed by atoms with Crippen molar-refractivity contribution in [2.45, 2.75) is 18.7 Å². The Balaban J connectivity index is 1.74. The van der Waals surface area contributed by atoms with E-state index in [2.05, 4.69) is 25.3 Å². The SMILES string of the molecule is CCNc1nc(C)cc(Nc2ccc(NS(=O)(=O)c3ccc(F)c(F)c3)cc2)n1. The van der Waals surface area contributed by atoms with Gasteiger partial charge in [0.2, 0.25) is 5.95 Å². The zero-order chi connectivity index (χ0) is 21.0. The number of nitrogens with zero attached hydrogens (tertiary/aromatic N) is 2. The number of halogens is 2. The van der Waals surface area contributed by atoms with E-state index < -0.39 is 21.7 Å². The third-order valence-corrected chi connectivity index (χ3v) is 5.18. The second kappa shape index (κ2) is 8.39. The van der Waals surface area contributed by atoms with Gasteiger partial charge in [0.25, 0.3) is 10.0 Å². The van der Waals surface area contributed by atoms with Crippen LogP contribution < -0.4 is 15.4 Å². The number of sulfonamides is 1. The Kier molecular flexibility index (Phi) is 5.92. The highest BCUT2D eigenvalue weighted by Gasteiger charge is 2.16. The maximum absolute atomic E-state index is 13.3. The average Bonchev–Trinajstić information content (AvgIpc) is 2.65. The average molecular weight is 419 g/mol. The van der Waals surface area contributed by atoms with Gasteiger partial charge < -0.3 is 10.6 Å². The van der Waals surface area contributed by atoms with Crippen LogP contribution in [0.5, 0.6) is 0 Å². The van der Waals surface area contributed by atoms with Crippen molar-refractivity contribution in [3.63, 3.8) is 0 Å². The van der Waals surface area contributed by atoms with Crippen LogP contribution in [0.1, 0.15) is 12.6 Å². The molecule has 0 spiro atoms. The summed E-state index contributed by atoms with van der Waals surface area (Å²) in [5.41, 5.74) is 1.74. The number of benzene rings is 2. The second-order valence-electron chi connectivity index (χ2n) is 6.13. The van der Waals surface area contributed by atoms with Crippen LogP contribution in [-0.4, -0.2) is 24.9 Å². The topological polar surface area (TPSA) is 96.0 Å². The molecule has 0 amide bonds. The van der Waals surface area contributed by atoms with E-state index >= 15 is 0 Å². The zero-order valence-electron chi connectivity index (χ0n) is 15.7. The maximum Gasteiger partial charge on any atom is 0.261 e. The highest BCUT2D eigenvalue weighted by Crippen LogP contribution is 2.22. The summed E-state index contributed by atoms with van der Waals surface area (Å²) in [5.74, 6) is -1.25. The molecular weight excluding hydrogens is 400 g/mol. The fourth-order valence-corrected chi connectivity index (χ4v) is 3.57. The van der Waals surface area contributed by atoms with Crippen molar-refractivity contribution in [3.8, 4) is 0 Å². The third-order valence-electron chi connectivity index (χ3n) is 3.80. The highest BCUT2D eigenvalue weighted by molar-refractivity contribution is 7.92. The van der Waals surface area contributed by atoms with Gasteiger partial charge >= 0.3 is 0 Å². The van der Waals surface area contributed by atoms with Crippen molar-refractivity contribution < 1.29 is 17.2 Å². The molecule has 0 radical (unpaired) electrons. The van der Waals surface area contributed by atoms with Crippen molar-refractivity contribution in [1.82, 2.24) is 9.97 Å². The van der Waals surface area contributed by atoms with Crippen LogP contribution in [0.15, 0.2) is 53.4 Å². The summed E-state index contributed by atoms with van der Waals surface area (Å²) in [6, 6.07) is 10.6. The summed E-state index contributed by atoms with van der Waals surface area (Å²) >= 11 is 0. The molecule has 29 heavy (non-hydrogen) atoms. The fraction of sp³-hybridized carbons (Fsp3) is 0.158. The van der Waals surface area contributed by atoms with Gasteiger partial charge in [-0.25, -0.2) is 22.2 Å². The molecule has 0 unspecified atom stereocenters. The molecule has 152 valence electrons.